The first-order chi connectivity index (χ1) is 9.84. The third kappa shape index (κ3) is 1.02. The normalized spacial score (nSPS) is 13.1. The molecule has 0 unspecified atom stereocenters. The lowest BCUT2D eigenvalue weighted by Gasteiger charge is -1.91. The first-order valence-electron chi connectivity index (χ1n) is 6.62. The molecule has 0 radical (unpaired) electrons. The Bertz CT molecular complexity index is 992. The molecule has 0 atom stereocenters. The largest absolute Gasteiger partial charge is 0.303 e. The average Bonchev–Trinajstić information content (AvgIpc) is 3.08. The Hall–Kier alpha value is -2.69. The predicted octanol–water partition coefficient (Wildman–Crippen LogP) is 1.54. The molecule has 0 aromatic carbocycles. The zero-order chi connectivity index (χ0) is 13.3. The highest BCUT2D eigenvalue weighted by Crippen LogP contribution is 2.30. The minimum atomic E-state index is 0.906. The van der Waals surface area contributed by atoms with E-state index in [9.17, 15) is 0 Å². The molecule has 0 bridgehead atoms. The molecule has 1 aliphatic heterocycles. The maximum atomic E-state index is 4.56. The molecular formula is C15H12N5+. The molecule has 4 aromatic heterocycles. The molecule has 5 nitrogen and oxygen atoms in total. The Morgan fingerprint density at radius 1 is 1.25 bits per heavy atom. The minimum absolute atomic E-state index is 0.906. The Kier molecular flexibility index (Phi) is 1.65. The fourth-order valence-corrected chi connectivity index (χ4v) is 3.23. The molecule has 4 aromatic rings. The van der Waals surface area contributed by atoms with Gasteiger partial charge in [0, 0.05) is 31.2 Å². The van der Waals surface area contributed by atoms with Crippen LogP contribution in [-0.2, 0) is 13.6 Å². The van der Waals surface area contributed by atoms with Crippen LogP contribution in [0.4, 0.5) is 0 Å². The van der Waals surface area contributed by atoms with Crippen molar-refractivity contribution in [3.05, 3.63) is 48.5 Å². The van der Waals surface area contributed by atoms with E-state index in [1.54, 1.807) is 0 Å². The van der Waals surface area contributed by atoms with Crippen LogP contribution in [0.1, 0.15) is 5.56 Å². The number of hydrogen-bond acceptors (Lipinski definition) is 2. The monoisotopic (exact) mass is 262 g/mol. The van der Waals surface area contributed by atoms with Gasteiger partial charge < -0.3 is 4.57 Å². The third-order valence-corrected chi connectivity index (χ3v) is 4.16. The van der Waals surface area contributed by atoms with Gasteiger partial charge >= 0.3 is 0 Å². The van der Waals surface area contributed by atoms with Gasteiger partial charge in [0.1, 0.15) is 12.1 Å². The Morgan fingerprint density at radius 2 is 2.20 bits per heavy atom. The zero-order valence-electron chi connectivity index (χ0n) is 11.0. The highest BCUT2D eigenvalue weighted by atomic mass is 15.2. The molecule has 5 heterocycles. The van der Waals surface area contributed by atoms with Gasteiger partial charge in [0.05, 0.1) is 5.56 Å². The number of pyridine rings is 2. The van der Waals surface area contributed by atoms with E-state index < -0.39 is 0 Å². The second kappa shape index (κ2) is 3.25. The summed E-state index contributed by atoms with van der Waals surface area (Å²) < 4.78 is 6.68. The number of aromatic nitrogens is 5. The van der Waals surface area contributed by atoms with E-state index in [4.69, 9.17) is 0 Å². The molecule has 96 valence electrons. The summed E-state index contributed by atoms with van der Waals surface area (Å²) in [5.74, 6) is 1.17. The fourth-order valence-electron chi connectivity index (χ4n) is 3.23. The number of rotatable bonds is 0. The summed E-state index contributed by atoms with van der Waals surface area (Å²) in [5, 5.41) is 0. The van der Waals surface area contributed by atoms with Gasteiger partial charge in [0.25, 0.3) is 11.5 Å². The van der Waals surface area contributed by atoms with Crippen molar-refractivity contribution in [2.45, 2.75) is 6.54 Å². The maximum Gasteiger partial charge on any atom is 0.299 e. The summed E-state index contributed by atoms with van der Waals surface area (Å²) in [6, 6.07) is 6.17. The fraction of sp³-hybridized carbons (Fsp3) is 0.133. The lowest BCUT2D eigenvalue weighted by Crippen LogP contribution is -2.29. The van der Waals surface area contributed by atoms with Crippen molar-refractivity contribution in [1.29, 1.82) is 0 Å². The van der Waals surface area contributed by atoms with Gasteiger partial charge in [-0.15, -0.1) is 0 Å². The second-order valence-electron chi connectivity index (χ2n) is 5.21. The van der Waals surface area contributed by atoms with E-state index in [-0.39, 0.29) is 0 Å². The Labute approximate surface area is 114 Å². The van der Waals surface area contributed by atoms with Crippen LogP contribution >= 0.6 is 0 Å². The second-order valence-corrected chi connectivity index (χ2v) is 5.21. The standard InChI is InChI=1S/C15H12N5/c1-18-12-3-2-5-17-14(12)20-13(18)9-19-8-10-4-6-16-7-11(10)15(19)20/h2-7,9H,8H2,1H3/q+1. The van der Waals surface area contributed by atoms with Crippen LogP contribution in [-0.4, -0.2) is 18.9 Å². The molecule has 0 aliphatic carbocycles. The number of hydrogen-bond donors (Lipinski definition) is 0. The van der Waals surface area contributed by atoms with Crippen LogP contribution in [0.15, 0.2) is 43.0 Å². The Balaban J connectivity index is 2.03. The van der Waals surface area contributed by atoms with E-state index in [2.05, 4.69) is 48.9 Å². The summed E-state index contributed by atoms with van der Waals surface area (Å²) in [6.07, 6.45) is 7.84. The predicted molar refractivity (Wildman–Crippen MR) is 74.2 cm³/mol. The molecule has 5 heteroatoms. The van der Waals surface area contributed by atoms with Crippen LogP contribution in [0, 0.1) is 0 Å². The van der Waals surface area contributed by atoms with Gasteiger partial charge in [-0.1, -0.05) is 0 Å². The van der Waals surface area contributed by atoms with Crippen LogP contribution < -0.4 is 4.57 Å². The van der Waals surface area contributed by atoms with Crippen molar-refractivity contribution in [1.82, 2.24) is 18.9 Å². The van der Waals surface area contributed by atoms with Crippen LogP contribution in [0.25, 0.3) is 28.2 Å². The summed E-state index contributed by atoms with van der Waals surface area (Å²) in [7, 11) is 2.08. The van der Waals surface area contributed by atoms with E-state index in [0.29, 0.717) is 0 Å². The van der Waals surface area contributed by atoms with Crippen molar-refractivity contribution < 1.29 is 4.57 Å². The van der Waals surface area contributed by atoms with Gasteiger partial charge in [0.2, 0.25) is 5.65 Å². The lowest BCUT2D eigenvalue weighted by atomic mass is 10.2. The van der Waals surface area contributed by atoms with Gasteiger partial charge in [-0.25, -0.2) is 9.55 Å². The number of fused-ring (bicyclic) bond motifs is 7. The highest BCUT2D eigenvalue weighted by Gasteiger charge is 2.33. The molecule has 0 saturated heterocycles. The number of aryl methyl sites for hydroxylation is 1. The summed E-state index contributed by atoms with van der Waals surface area (Å²) >= 11 is 0. The molecular weight excluding hydrogens is 250 g/mol. The molecule has 0 fully saturated rings. The van der Waals surface area contributed by atoms with E-state index in [1.165, 1.54) is 17.0 Å². The van der Waals surface area contributed by atoms with Crippen molar-refractivity contribution in [3.8, 4) is 11.4 Å². The minimum Gasteiger partial charge on any atom is -0.303 e. The van der Waals surface area contributed by atoms with Crippen molar-refractivity contribution in [3.63, 3.8) is 0 Å². The lowest BCUT2D eigenvalue weighted by molar-refractivity contribution is -0.670. The van der Waals surface area contributed by atoms with Gasteiger partial charge in [0.15, 0.2) is 6.20 Å². The molecule has 0 spiro atoms. The van der Waals surface area contributed by atoms with Gasteiger partial charge in [-0.2, -0.15) is 4.40 Å². The molecule has 0 amide bonds. The molecule has 0 saturated carbocycles. The first kappa shape index (κ1) is 10.1. The van der Waals surface area contributed by atoms with E-state index in [0.717, 1.165) is 23.4 Å². The quantitative estimate of drug-likeness (QED) is 0.397. The van der Waals surface area contributed by atoms with Crippen molar-refractivity contribution >= 4 is 16.8 Å². The highest BCUT2D eigenvalue weighted by molar-refractivity contribution is 5.80. The average molecular weight is 262 g/mol. The third-order valence-electron chi connectivity index (χ3n) is 4.16. The first-order valence-corrected chi connectivity index (χ1v) is 6.62. The van der Waals surface area contributed by atoms with Gasteiger partial charge in [-0.3, -0.25) is 4.98 Å². The topological polar surface area (TPSA) is 39.0 Å². The van der Waals surface area contributed by atoms with Crippen molar-refractivity contribution in [2.75, 3.05) is 0 Å². The van der Waals surface area contributed by atoms with E-state index in [1.807, 2.05) is 24.7 Å². The number of nitrogens with zero attached hydrogens (tertiary/aromatic N) is 5. The molecule has 1 aliphatic rings. The smallest absolute Gasteiger partial charge is 0.299 e. The maximum absolute atomic E-state index is 4.56. The summed E-state index contributed by atoms with van der Waals surface area (Å²) in [5.41, 5.74) is 5.81. The van der Waals surface area contributed by atoms with E-state index >= 15 is 0 Å². The number of imidazole rings is 2. The van der Waals surface area contributed by atoms with Crippen LogP contribution in [0.2, 0.25) is 0 Å². The summed E-state index contributed by atoms with van der Waals surface area (Å²) in [4.78, 5) is 8.84. The molecule has 0 N–H and O–H groups in total. The molecule has 20 heavy (non-hydrogen) atoms. The summed E-state index contributed by atoms with van der Waals surface area (Å²) in [6.45, 7) is 0.906. The van der Waals surface area contributed by atoms with Crippen molar-refractivity contribution in [2.24, 2.45) is 7.05 Å². The Morgan fingerprint density at radius 3 is 3.15 bits per heavy atom. The van der Waals surface area contributed by atoms with Crippen LogP contribution in [0.5, 0.6) is 0 Å². The molecule has 5 rings (SSSR count). The SMILES string of the molecule is Cn1c2cccnc2n2c3[n+](cc12)Cc1ccncc1-3. The van der Waals surface area contributed by atoms with Gasteiger partial charge in [-0.05, 0) is 18.2 Å². The van der Waals surface area contributed by atoms with Crippen LogP contribution in [0.3, 0.4) is 0 Å². The zero-order valence-corrected chi connectivity index (χ0v) is 11.0.